The van der Waals surface area contributed by atoms with E-state index < -0.39 is 0 Å². The summed E-state index contributed by atoms with van der Waals surface area (Å²) in [6, 6.07) is 13.8. The fourth-order valence-electron chi connectivity index (χ4n) is 3.61. The lowest BCUT2D eigenvalue weighted by molar-refractivity contribution is -0.484. The number of nitro groups is 1. The molecule has 0 aliphatic heterocycles. The van der Waals surface area contributed by atoms with E-state index in [0.717, 1.165) is 35.6 Å². The Morgan fingerprint density at radius 1 is 1.14 bits per heavy atom. The van der Waals surface area contributed by atoms with Gasteiger partial charge in [-0.2, -0.15) is 0 Å². The van der Waals surface area contributed by atoms with E-state index in [0.29, 0.717) is 6.42 Å². The molecule has 0 spiro atoms. The van der Waals surface area contributed by atoms with Crippen LogP contribution in [0.1, 0.15) is 37.2 Å². The summed E-state index contributed by atoms with van der Waals surface area (Å²) in [5, 5.41) is 13.3. The van der Waals surface area contributed by atoms with Crippen LogP contribution in [0.15, 0.2) is 42.5 Å². The molecule has 2 atom stereocenters. The summed E-state index contributed by atoms with van der Waals surface area (Å²) in [5.41, 5.74) is 0.940. The molecule has 0 amide bonds. The minimum absolute atomic E-state index is 0.176. The number of carbonyl (C=O) groups excluding carboxylic acids is 1. The second kappa shape index (κ2) is 6.26. The van der Waals surface area contributed by atoms with E-state index in [1.807, 2.05) is 42.5 Å². The van der Waals surface area contributed by atoms with Gasteiger partial charge in [0.1, 0.15) is 5.78 Å². The highest BCUT2D eigenvalue weighted by atomic mass is 16.6. The van der Waals surface area contributed by atoms with Gasteiger partial charge in [0.25, 0.3) is 0 Å². The fourth-order valence-corrected chi connectivity index (χ4v) is 3.61. The first-order valence-electron chi connectivity index (χ1n) is 7.79. The third-order valence-corrected chi connectivity index (χ3v) is 4.66. The van der Waals surface area contributed by atoms with Crippen molar-refractivity contribution in [3.05, 3.63) is 58.1 Å². The molecular weight excluding hydrogens is 278 g/mol. The fraction of sp³-hybridized carbons (Fsp3) is 0.389. The zero-order valence-corrected chi connectivity index (χ0v) is 12.4. The van der Waals surface area contributed by atoms with Crippen LogP contribution in [0.3, 0.4) is 0 Å². The smallest absolute Gasteiger partial charge is 0.211 e. The highest BCUT2D eigenvalue weighted by Gasteiger charge is 2.35. The molecule has 0 saturated heterocycles. The molecule has 1 aliphatic carbocycles. The van der Waals surface area contributed by atoms with Gasteiger partial charge in [0, 0.05) is 17.3 Å². The normalized spacial score (nSPS) is 20.0. The van der Waals surface area contributed by atoms with Crippen molar-refractivity contribution in [3.63, 3.8) is 0 Å². The van der Waals surface area contributed by atoms with Crippen molar-refractivity contribution in [1.29, 1.82) is 0 Å². The number of nitrogens with zero attached hydrogens (tertiary/aromatic N) is 1. The van der Waals surface area contributed by atoms with E-state index in [1.165, 1.54) is 0 Å². The van der Waals surface area contributed by atoms with Gasteiger partial charge in [-0.3, -0.25) is 14.9 Å². The Morgan fingerprint density at radius 2 is 1.91 bits per heavy atom. The average molecular weight is 297 g/mol. The molecule has 3 rings (SSSR count). The van der Waals surface area contributed by atoms with Gasteiger partial charge in [-0.05, 0) is 29.2 Å². The molecule has 2 aromatic rings. The molecule has 1 aliphatic rings. The summed E-state index contributed by atoms with van der Waals surface area (Å²) >= 11 is 0. The summed E-state index contributed by atoms with van der Waals surface area (Å²) in [5.74, 6) is -0.357. The Kier molecular flexibility index (Phi) is 4.18. The minimum Gasteiger partial charge on any atom is -0.299 e. The zero-order chi connectivity index (χ0) is 15.5. The molecule has 2 aromatic carbocycles. The molecule has 4 heteroatoms. The van der Waals surface area contributed by atoms with Crippen molar-refractivity contribution in [2.24, 2.45) is 5.92 Å². The molecule has 0 unspecified atom stereocenters. The van der Waals surface area contributed by atoms with Crippen LogP contribution in [0.25, 0.3) is 10.8 Å². The van der Waals surface area contributed by atoms with Gasteiger partial charge in [-0.1, -0.05) is 48.9 Å². The Morgan fingerprint density at radius 3 is 2.68 bits per heavy atom. The Labute approximate surface area is 129 Å². The van der Waals surface area contributed by atoms with Crippen LogP contribution in [0, 0.1) is 16.0 Å². The van der Waals surface area contributed by atoms with Crippen molar-refractivity contribution in [2.45, 2.75) is 31.6 Å². The topological polar surface area (TPSA) is 60.2 Å². The van der Waals surface area contributed by atoms with Crippen LogP contribution in [-0.2, 0) is 4.79 Å². The Balaban J connectivity index is 2.07. The molecule has 0 N–H and O–H groups in total. The monoisotopic (exact) mass is 297 g/mol. The van der Waals surface area contributed by atoms with Crippen LogP contribution >= 0.6 is 0 Å². The lowest BCUT2D eigenvalue weighted by atomic mass is 9.75. The Bertz CT molecular complexity index is 705. The predicted molar refractivity (Wildman–Crippen MR) is 85.5 cm³/mol. The van der Waals surface area contributed by atoms with Gasteiger partial charge in [0.15, 0.2) is 0 Å². The molecular formula is C18H19NO3. The molecule has 22 heavy (non-hydrogen) atoms. The quantitative estimate of drug-likeness (QED) is 0.634. The highest BCUT2D eigenvalue weighted by Crippen LogP contribution is 2.37. The van der Waals surface area contributed by atoms with E-state index >= 15 is 0 Å². The van der Waals surface area contributed by atoms with Crippen molar-refractivity contribution in [2.75, 3.05) is 6.54 Å². The molecule has 0 bridgehead atoms. The third-order valence-electron chi connectivity index (χ3n) is 4.66. The summed E-state index contributed by atoms with van der Waals surface area (Å²) in [6.07, 6.45) is 3.22. The molecule has 0 aromatic heterocycles. The van der Waals surface area contributed by atoms with Gasteiger partial charge in [-0.15, -0.1) is 0 Å². The first-order valence-corrected chi connectivity index (χ1v) is 7.79. The highest BCUT2D eigenvalue weighted by molar-refractivity contribution is 5.88. The van der Waals surface area contributed by atoms with E-state index in [-0.39, 0.29) is 29.1 Å². The number of Topliss-reactive ketones (excluding diaryl/α,β-unsaturated/α-hetero) is 1. The van der Waals surface area contributed by atoms with Crippen molar-refractivity contribution < 1.29 is 9.72 Å². The predicted octanol–water partition coefficient (Wildman–Crippen LogP) is 3.96. The molecule has 1 saturated carbocycles. The number of benzene rings is 2. The molecule has 114 valence electrons. The lowest BCUT2D eigenvalue weighted by Crippen LogP contribution is -2.30. The number of hydrogen-bond donors (Lipinski definition) is 0. The maximum atomic E-state index is 12.3. The zero-order valence-electron chi connectivity index (χ0n) is 12.4. The SMILES string of the molecule is O=C1CCCC[C@H]1[C@H](C[N+](=O)[O-])c1cccc2ccccc12. The molecule has 1 fully saturated rings. The largest absolute Gasteiger partial charge is 0.299 e. The van der Waals surface area contributed by atoms with E-state index in [9.17, 15) is 14.9 Å². The summed E-state index contributed by atoms with van der Waals surface area (Å²) in [4.78, 5) is 23.2. The summed E-state index contributed by atoms with van der Waals surface area (Å²) < 4.78 is 0. The van der Waals surface area contributed by atoms with Gasteiger partial charge in [-0.25, -0.2) is 0 Å². The van der Waals surface area contributed by atoms with Gasteiger partial charge >= 0.3 is 0 Å². The van der Waals surface area contributed by atoms with Crippen molar-refractivity contribution >= 4 is 16.6 Å². The molecule has 4 nitrogen and oxygen atoms in total. The molecule has 0 radical (unpaired) electrons. The number of rotatable bonds is 4. The number of ketones is 1. The van der Waals surface area contributed by atoms with Crippen LogP contribution < -0.4 is 0 Å². The van der Waals surface area contributed by atoms with Crippen molar-refractivity contribution in [3.8, 4) is 0 Å². The first-order chi connectivity index (χ1) is 10.7. The number of carbonyl (C=O) groups is 1. The first kappa shape index (κ1) is 14.7. The second-order valence-electron chi connectivity index (χ2n) is 6.01. The van der Waals surface area contributed by atoms with Crippen LogP contribution in [0.2, 0.25) is 0 Å². The van der Waals surface area contributed by atoms with Crippen LogP contribution in [-0.4, -0.2) is 17.3 Å². The van der Waals surface area contributed by atoms with Gasteiger partial charge in [0.2, 0.25) is 6.54 Å². The standard InChI is InChI=1S/C18H19NO3/c20-18-11-4-3-9-16(18)17(12-19(21)22)15-10-5-7-13-6-1-2-8-14(13)15/h1-2,5-8,10,16-17H,3-4,9,11-12H2/t16-,17+/m0/s1. The van der Waals surface area contributed by atoms with Crippen LogP contribution in [0.5, 0.6) is 0 Å². The summed E-state index contributed by atoms with van der Waals surface area (Å²) in [7, 11) is 0. The van der Waals surface area contributed by atoms with Gasteiger partial charge < -0.3 is 0 Å². The average Bonchev–Trinajstić information content (AvgIpc) is 2.53. The maximum absolute atomic E-state index is 12.3. The van der Waals surface area contributed by atoms with Crippen molar-refractivity contribution in [1.82, 2.24) is 0 Å². The van der Waals surface area contributed by atoms with E-state index in [2.05, 4.69) is 0 Å². The lowest BCUT2D eigenvalue weighted by Gasteiger charge is -2.27. The van der Waals surface area contributed by atoms with E-state index in [1.54, 1.807) is 0 Å². The third kappa shape index (κ3) is 2.86. The van der Waals surface area contributed by atoms with Crippen LogP contribution in [0.4, 0.5) is 0 Å². The van der Waals surface area contributed by atoms with E-state index in [4.69, 9.17) is 0 Å². The Hall–Kier alpha value is -2.23. The molecule has 0 heterocycles. The second-order valence-corrected chi connectivity index (χ2v) is 6.01. The summed E-state index contributed by atoms with van der Waals surface area (Å²) in [6.45, 7) is -0.176. The van der Waals surface area contributed by atoms with Gasteiger partial charge in [0.05, 0.1) is 5.92 Å². The maximum Gasteiger partial charge on any atom is 0.211 e. The minimum atomic E-state index is -0.325. The number of hydrogen-bond acceptors (Lipinski definition) is 3. The number of fused-ring (bicyclic) bond motifs is 1.